The first kappa shape index (κ1) is 12.5. The van der Waals surface area contributed by atoms with Crippen molar-refractivity contribution in [2.75, 3.05) is 5.73 Å². The minimum atomic E-state index is -0.216. The van der Waals surface area contributed by atoms with E-state index in [1.165, 1.54) is 6.07 Å². The van der Waals surface area contributed by atoms with Gasteiger partial charge in [0.15, 0.2) is 0 Å². The van der Waals surface area contributed by atoms with Gasteiger partial charge in [-0.05, 0) is 36.1 Å². The first-order valence-corrected chi connectivity index (χ1v) is 5.84. The van der Waals surface area contributed by atoms with E-state index < -0.39 is 0 Å². The van der Waals surface area contributed by atoms with Crippen LogP contribution in [0.2, 0.25) is 0 Å². The third-order valence-corrected chi connectivity index (χ3v) is 2.86. The van der Waals surface area contributed by atoms with Crippen LogP contribution in [-0.2, 0) is 12.8 Å². The van der Waals surface area contributed by atoms with Crippen molar-refractivity contribution in [1.29, 1.82) is 0 Å². The quantitative estimate of drug-likeness (QED) is 0.864. The minimum absolute atomic E-state index is 0.173. The molecule has 2 aromatic rings. The van der Waals surface area contributed by atoms with E-state index in [9.17, 15) is 4.39 Å². The number of pyridine rings is 1. The predicted molar refractivity (Wildman–Crippen MR) is 70.4 cm³/mol. The van der Waals surface area contributed by atoms with Crippen LogP contribution < -0.4 is 11.5 Å². The second-order valence-corrected chi connectivity index (χ2v) is 4.33. The summed E-state index contributed by atoms with van der Waals surface area (Å²) in [5.41, 5.74) is 14.1. The molecule has 0 spiro atoms. The van der Waals surface area contributed by atoms with Crippen molar-refractivity contribution in [1.82, 2.24) is 4.98 Å². The molecule has 0 aliphatic rings. The fourth-order valence-electron chi connectivity index (χ4n) is 1.91. The van der Waals surface area contributed by atoms with Gasteiger partial charge in [-0.15, -0.1) is 0 Å². The molecule has 1 unspecified atom stereocenters. The van der Waals surface area contributed by atoms with Crippen LogP contribution in [0.1, 0.15) is 11.1 Å². The van der Waals surface area contributed by atoms with Gasteiger partial charge >= 0.3 is 0 Å². The predicted octanol–water partition coefficient (Wildman–Crippen LogP) is 1.92. The van der Waals surface area contributed by atoms with E-state index in [0.29, 0.717) is 24.1 Å². The number of halogens is 1. The Balaban J connectivity index is 2.04. The highest BCUT2D eigenvalue weighted by molar-refractivity contribution is 5.44. The van der Waals surface area contributed by atoms with Crippen molar-refractivity contribution in [3.8, 4) is 0 Å². The van der Waals surface area contributed by atoms with Crippen LogP contribution in [0.4, 0.5) is 10.1 Å². The second-order valence-electron chi connectivity index (χ2n) is 4.33. The molecule has 0 fully saturated rings. The third-order valence-electron chi connectivity index (χ3n) is 2.86. The van der Waals surface area contributed by atoms with Gasteiger partial charge in [-0.2, -0.15) is 0 Å². The zero-order valence-electron chi connectivity index (χ0n) is 10.0. The Kier molecular flexibility index (Phi) is 3.89. The zero-order chi connectivity index (χ0) is 13.0. The summed E-state index contributed by atoms with van der Waals surface area (Å²) in [7, 11) is 0. The van der Waals surface area contributed by atoms with Gasteiger partial charge < -0.3 is 11.5 Å². The zero-order valence-corrected chi connectivity index (χ0v) is 10.0. The number of hydrogen-bond donors (Lipinski definition) is 2. The van der Waals surface area contributed by atoms with E-state index in [0.717, 1.165) is 5.56 Å². The Labute approximate surface area is 106 Å². The van der Waals surface area contributed by atoms with Crippen molar-refractivity contribution in [3.63, 3.8) is 0 Å². The summed E-state index contributed by atoms with van der Waals surface area (Å²) in [5, 5.41) is 0. The minimum Gasteiger partial charge on any atom is -0.398 e. The maximum absolute atomic E-state index is 13.5. The number of aromatic nitrogens is 1. The number of nitrogen functional groups attached to an aromatic ring is 1. The summed E-state index contributed by atoms with van der Waals surface area (Å²) in [6, 6.07) is 8.24. The number of nitrogens with two attached hydrogens (primary N) is 2. The van der Waals surface area contributed by atoms with Crippen LogP contribution in [0, 0.1) is 5.82 Å². The molecule has 0 aliphatic carbocycles. The highest BCUT2D eigenvalue weighted by atomic mass is 19.1. The highest BCUT2D eigenvalue weighted by Crippen LogP contribution is 2.14. The number of hydrogen-bond acceptors (Lipinski definition) is 3. The summed E-state index contributed by atoms with van der Waals surface area (Å²) in [5.74, 6) is -0.216. The van der Waals surface area contributed by atoms with Gasteiger partial charge in [-0.3, -0.25) is 4.98 Å². The van der Waals surface area contributed by atoms with Gasteiger partial charge in [0.2, 0.25) is 0 Å². The topological polar surface area (TPSA) is 64.9 Å². The van der Waals surface area contributed by atoms with Crippen LogP contribution in [0.25, 0.3) is 0 Å². The van der Waals surface area contributed by atoms with Crippen molar-refractivity contribution in [2.24, 2.45) is 5.73 Å². The molecule has 0 aliphatic heterocycles. The highest BCUT2D eigenvalue weighted by Gasteiger charge is 2.10. The van der Waals surface area contributed by atoms with Gasteiger partial charge in [-0.25, -0.2) is 4.39 Å². The van der Waals surface area contributed by atoms with Gasteiger partial charge in [0.05, 0.1) is 0 Å². The van der Waals surface area contributed by atoms with E-state index in [-0.39, 0.29) is 11.9 Å². The number of anilines is 1. The maximum atomic E-state index is 13.5. The summed E-state index contributed by atoms with van der Waals surface area (Å²) in [6.45, 7) is 0. The molecule has 4 N–H and O–H groups in total. The van der Waals surface area contributed by atoms with Gasteiger partial charge in [0.25, 0.3) is 0 Å². The lowest BCUT2D eigenvalue weighted by Crippen LogP contribution is -2.26. The van der Waals surface area contributed by atoms with Crippen LogP contribution in [-0.4, -0.2) is 11.0 Å². The molecule has 1 aromatic carbocycles. The number of rotatable bonds is 4. The Morgan fingerprint density at radius 2 is 1.83 bits per heavy atom. The first-order valence-electron chi connectivity index (χ1n) is 5.84. The summed E-state index contributed by atoms with van der Waals surface area (Å²) in [4.78, 5) is 4.01. The van der Waals surface area contributed by atoms with E-state index >= 15 is 0 Å². The van der Waals surface area contributed by atoms with Crippen LogP contribution in [0.3, 0.4) is 0 Å². The van der Waals surface area contributed by atoms with E-state index in [1.54, 1.807) is 30.6 Å². The molecular formula is C14H16FN3. The van der Waals surface area contributed by atoms with Crippen molar-refractivity contribution >= 4 is 5.69 Å². The molecule has 0 amide bonds. The molecule has 0 saturated carbocycles. The Hall–Kier alpha value is -1.94. The standard InChI is InChI=1S/C14H16FN3/c15-13-4-2-1-3-10(13)7-12(16)8-11-9-18-6-5-14(11)17/h1-6,9,12H,7-8,16H2,(H2,17,18). The molecule has 0 radical (unpaired) electrons. The van der Waals surface area contributed by atoms with Crippen LogP contribution >= 0.6 is 0 Å². The SMILES string of the molecule is Nc1ccncc1CC(N)Cc1ccccc1F. The third kappa shape index (κ3) is 3.05. The molecule has 2 rings (SSSR count). The molecule has 1 heterocycles. The molecule has 1 atom stereocenters. The fraction of sp³-hybridized carbons (Fsp3) is 0.214. The normalized spacial score (nSPS) is 12.3. The van der Waals surface area contributed by atoms with Crippen LogP contribution in [0.15, 0.2) is 42.7 Å². The Bertz CT molecular complexity index is 480. The maximum Gasteiger partial charge on any atom is 0.126 e. The smallest absolute Gasteiger partial charge is 0.126 e. The van der Waals surface area contributed by atoms with E-state index in [1.807, 2.05) is 6.07 Å². The lowest BCUT2D eigenvalue weighted by atomic mass is 9.99. The van der Waals surface area contributed by atoms with E-state index in [2.05, 4.69) is 4.98 Å². The van der Waals surface area contributed by atoms with Crippen molar-refractivity contribution < 1.29 is 4.39 Å². The molecule has 4 heteroatoms. The molecule has 94 valence electrons. The average Bonchev–Trinajstić information content (AvgIpc) is 2.35. The largest absolute Gasteiger partial charge is 0.398 e. The van der Waals surface area contributed by atoms with Crippen molar-refractivity contribution in [3.05, 3.63) is 59.7 Å². The number of nitrogens with zero attached hydrogens (tertiary/aromatic N) is 1. The number of benzene rings is 1. The lowest BCUT2D eigenvalue weighted by molar-refractivity contribution is 0.584. The lowest BCUT2D eigenvalue weighted by Gasteiger charge is -2.13. The first-order chi connectivity index (χ1) is 8.66. The summed E-state index contributed by atoms with van der Waals surface area (Å²) in [6.07, 6.45) is 4.42. The second kappa shape index (κ2) is 5.60. The molecule has 0 bridgehead atoms. The van der Waals surface area contributed by atoms with Crippen LogP contribution in [0.5, 0.6) is 0 Å². The van der Waals surface area contributed by atoms with Gasteiger partial charge in [0.1, 0.15) is 5.82 Å². The molecule has 0 saturated heterocycles. The summed E-state index contributed by atoms with van der Waals surface area (Å²) < 4.78 is 13.5. The fourth-order valence-corrected chi connectivity index (χ4v) is 1.91. The van der Waals surface area contributed by atoms with Crippen molar-refractivity contribution in [2.45, 2.75) is 18.9 Å². The molecule has 1 aromatic heterocycles. The van der Waals surface area contributed by atoms with E-state index in [4.69, 9.17) is 11.5 Å². The summed E-state index contributed by atoms with van der Waals surface area (Å²) >= 11 is 0. The monoisotopic (exact) mass is 245 g/mol. The average molecular weight is 245 g/mol. The Morgan fingerprint density at radius 1 is 1.11 bits per heavy atom. The van der Waals surface area contributed by atoms with Gasteiger partial charge in [0, 0.05) is 24.1 Å². The molecular weight excluding hydrogens is 229 g/mol. The molecule has 18 heavy (non-hydrogen) atoms. The Morgan fingerprint density at radius 3 is 2.56 bits per heavy atom. The van der Waals surface area contributed by atoms with Gasteiger partial charge in [-0.1, -0.05) is 18.2 Å². The molecule has 3 nitrogen and oxygen atoms in total.